The van der Waals surface area contributed by atoms with Crippen molar-refractivity contribution < 1.29 is 14.3 Å². The van der Waals surface area contributed by atoms with Crippen molar-refractivity contribution >= 4 is 5.97 Å². The molecule has 1 rings (SSSR count). The van der Waals surface area contributed by atoms with Crippen molar-refractivity contribution in [3.05, 3.63) is 0 Å². The fourth-order valence-electron chi connectivity index (χ4n) is 1.55. The average molecular weight is 228 g/mol. The number of carbonyl (C=O) groups is 1. The number of hydrogen-bond donors (Lipinski definition) is 0. The molecule has 0 bridgehead atoms. The van der Waals surface area contributed by atoms with Crippen molar-refractivity contribution in [1.82, 2.24) is 0 Å². The van der Waals surface area contributed by atoms with Crippen LogP contribution in [0, 0.1) is 5.41 Å². The molecule has 1 saturated carbocycles. The maximum Gasteiger partial charge on any atom is 0.315 e. The quantitative estimate of drug-likeness (QED) is 0.536. The van der Waals surface area contributed by atoms with E-state index in [2.05, 4.69) is 6.92 Å². The highest BCUT2D eigenvalue weighted by Crippen LogP contribution is 2.49. The second-order valence-corrected chi connectivity index (χ2v) is 5.84. The molecule has 2 atom stereocenters. The molecule has 1 aliphatic carbocycles. The Kier molecular flexibility index (Phi) is 4.00. The van der Waals surface area contributed by atoms with Crippen molar-refractivity contribution in [3.8, 4) is 0 Å². The van der Waals surface area contributed by atoms with Crippen LogP contribution in [0.25, 0.3) is 0 Å². The van der Waals surface area contributed by atoms with Crippen molar-refractivity contribution in [1.29, 1.82) is 0 Å². The van der Waals surface area contributed by atoms with Gasteiger partial charge in [0.05, 0.1) is 11.5 Å². The summed E-state index contributed by atoms with van der Waals surface area (Å²) in [6.45, 7) is 10.5. The number of unbranched alkanes of at least 4 members (excludes halogenated alkanes) is 1. The normalized spacial score (nSPS) is 28.9. The van der Waals surface area contributed by atoms with Gasteiger partial charge in [0.25, 0.3) is 0 Å². The number of carbonyl (C=O) groups excluding carboxylic acids is 1. The number of esters is 1. The van der Waals surface area contributed by atoms with E-state index >= 15 is 0 Å². The van der Waals surface area contributed by atoms with Crippen molar-refractivity contribution in [2.75, 3.05) is 6.61 Å². The van der Waals surface area contributed by atoms with Gasteiger partial charge in [0.15, 0.2) is 0 Å². The third-order valence-electron chi connectivity index (χ3n) is 2.84. The Morgan fingerprint density at radius 1 is 1.44 bits per heavy atom. The van der Waals surface area contributed by atoms with E-state index in [0.717, 1.165) is 25.9 Å². The minimum atomic E-state index is -0.406. The maximum atomic E-state index is 11.9. The first-order chi connectivity index (χ1) is 7.29. The summed E-state index contributed by atoms with van der Waals surface area (Å²) in [6, 6.07) is 0. The van der Waals surface area contributed by atoms with Gasteiger partial charge >= 0.3 is 5.97 Å². The molecule has 3 heteroatoms. The lowest BCUT2D eigenvalue weighted by Crippen LogP contribution is -2.30. The lowest BCUT2D eigenvalue weighted by molar-refractivity contribution is -0.162. The molecular weight excluding hydrogens is 204 g/mol. The molecule has 0 aromatic rings. The first-order valence-electron chi connectivity index (χ1n) is 6.14. The van der Waals surface area contributed by atoms with E-state index in [1.54, 1.807) is 0 Å². The molecule has 3 nitrogen and oxygen atoms in total. The van der Waals surface area contributed by atoms with Gasteiger partial charge in [0.1, 0.15) is 5.60 Å². The molecule has 94 valence electrons. The van der Waals surface area contributed by atoms with Crippen molar-refractivity contribution in [3.63, 3.8) is 0 Å². The van der Waals surface area contributed by atoms with Gasteiger partial charge in [-0.3, -0.25) is 4.79 Å². The Balaban J connectivity index is 2.35. The van der Waals surface area contributed by atoms with Crippen molar-refractivity contribution in [2.45, 2.75) is 65.6 Å². The van der Waals surface area contributed by atoms with Crippen LogP contribution in [0.4, 0.5) is 0 Å². The summed E-state index contributed by atoms with van der Waals surface area (Å²) in [5.74, 6) is -0.124. The smallest absolute Gasteiger partial charge is 0.315 e. The first-order valence-corrected chi connectivity index (χ1v) is 6.14. The highest BCUT2D eigenvalue weighted by molar-refractivity contribution is 5.81. The Hall–Kier alpha value is -0.570. The molecule has 16 heavy (non-hydrogen) atoms. The molecule has 1 fully saturated rings. The van der Waals surface area contributed by atoms with Crippen LogP contribution >= 0.6 is 0 Å². The zero-order valence-corrected chi connectivity index (χ0v) is 11.1. The zero-order chi connectivity index (χ0) is 12.4. The number of hydrogen-bond acceptors (Lipinski definition) is 3. The minimum Gasteiger partial charge on any atom is -0.459 e. The van der Waals surface area contributed by atoms with Crippen LogP contribution in [-0.4, -0.2) is 24.3 Å². The van der Waals surface area contributed by atoms with Gasteiger partial charge < -0.3 is 9.47 Å². The molecule has 2 unspecified atom stereocenters. The summed E-state index contributed by atoms with van der Waals surface area (Å²) in [5, 5.41) is 0. The molecule has 0 radical (unpaired) electrons. The van der Waals surface area contributed by atoms with E-state index in [1.165, 1.54) is 0 Å². The molecule has 0 spiro atoms. The molecule has 0 aliphatic heterocycles. The average Bonchev–Trinajstić information content (AvgIpc) is 2.76. The van der Waals surface area contributed by atoms with Crippen LogP contribution < -0.4 is 0 Å². The SMILES string of the molecule is CCCCOC1CC1(C)C(=O)OC(C)(C)C. The van der Waals surface area contributed by atoms with E-state index in [-0.39, 0.29) is 12.1 Å². The fourth-order valence-corrected chi connectivity index (χ4v) is 1.55. The van der Waals surface area contributed by atoms with Crippen LogP contribution in [0.1, 0.15) is 53.9 Å². The summed E-state index contributed by atoms with van der Waals surface area (Å²) in [7, 11) is 0. The van der Waals surface area contributed by atoms with Crippen LogP contribution in [0.3, 0.4) is 0 Å². The van der Waals surface area contributed by atoms with Gasteiger partial charge in [-0.05, 0) is 40.5 Å². The molecule has 0 amide bonds. The highest BCUT2D eigenvalue weighted by Gasteiger charge is 2.59. The zero-order valence-electron chi connectivity index (χ0n) is 11.1. The van der Waals surface area contributed by atoms with Crippen LogP contribution in [0.5, 0.6) is 0 Å². The molecule has 0 aromatic carbocycles. The van der Waals surface area contributed by atoms with E-state index in [1.807, 2.05) is 27.7 Å². The third kappa shape index (κ3) is 3.48. The Bertz CT molecular complexity index is 254. The third-order valence-corrected chi connectivity index (χ3v) is 2.84. The summed E-state index contributed by atoms with van der Waals surface area (Å²) >= 11 is 0. The van der Waals surface area contributed by atoms with Crippen LogP contribution in [0.15, 0.2) is 0 Å². The maximum absolute atomic E-state index is 11.9. The van der Waals surface area contributed by atoms with E-state index in [0.29, 0.717) is 0 Å². The van der Waals surface area contributed by atoms with E-state index in [4.69, 9.17) is 9.47 Å². The Morgan fingerprint density at radius 3 is 2.56 bits per heavy atom. The summed E-state index contributed by atoms with van der Waals surface area (Å²) < 4.78 is 11.0. The van der Waals surface area contributed by atoms with E-state index in [9.17, 15) is 4.79 Å². The largest absolute Gasteiger partial charge is 0.459 e. The Labute approximate surface area is 98.5 Å². The lowest BCUT2D eigenvalue weighted by Gasteiger charge is -2.22. The first kappa shape index (κ1) is 13.5. The van der Waals surface area contributed by atoms with Gasteiger partial charge in [-0.15, -0.1) is 0 Å². The second-order valence-electron chi connectivity index (χ2n) is 5.84. The lowest BCUT2D eigenvalue weighted by atomic mass is 10.1. The monoisotopic (exact) mass is 228 g/mol. The fraction of sp³-hybridized carbons (Fsp3) is 0.923. The molecular formula is C13H24O3. The predicted molar refractivity (Wildman–Crippen MR) is 63.2 cm³/mol. The summed E-state index contributed by atoms with van der Waals surface area (Å²) in [6.07, 6.45) is 3.04. The molecule has 0 saturated heterocycles. The molecule has 0 heterocycles. The molecule has 1 aliphatic rings. The predicted octanol–water partition coefficient (Wildman–Crippen LogP) is 2.92. The van der Waals surface area contributed by atoms with Gasteiger partial charge in [0.2, 0.25) is 0 Å². The highest BCUT2D eigenvalue weighted by atomic mass is 16.6. The van der Waals surface area contributed by atoms with Crippen LogP contribution in [0.2, 0.25) is 0 Å². The molecule has 0 aromatic heterocycles. The number of rotatable bonds is 5. The van der Waals surface area contributed by atoms with Gasteiger partial charge in [-0.1, -0.05) is 13.3 Å². The standard InChI is InChI=1S/C13H24O3/c1-6-7-8-15-10-9-13(10,5)11(14)16-12(2,3)4/h10H,6-9H2,1-5H3. The van der Waals surface area contributed by atoms with Gasteiger partial charge in [0, 0.05) is 6.61 Å². The minimum absolute atomic E-state index is 0.0638. The van der Waals surface area contributed by atoms with E-state index < -0.39 is 11.0 Å². The van der Waals surface area contributed by atoms with Crippen LogP contribution in [-0.2, 0) is 14.3 Å². The van der Waals surface area contributed by atoms with Crippen molar-refractivity contribution in [2.24, 2.45) is 5.41 Å². The number of ether oxygens (including phenoxy) is 2. The van der Waals surface area contributed by atoms with Gasteiger partial charge in [-0.2, -0.15) is 0 Å². The van der Waals surface area contributed by atoms with Gasteiger partial charge in [-0.25, -0.2) is 0 Å². The summed E-state index contributed by atoms with van der Waals surface area (Å²) in [4.78, 5) is 11.9. The Morgan fingerprint density at radius 2 is 2.06 bits per heavy atom. The molecule has 0 N–H and O–H groups in total. The topological polar surface area (TPSA) is 35.5 Å². The summed E-state index contributed by atoms with van der Waals surface area (Å²) in [5.41, 5.74) is -0.808. The second kappa shape index (κ2) is 4.74.